The molecule has 17 heavy (non-hydrogen) atoms. The molecule has 1 heterocycles. The van der Waals surface area contributed by atoms with E-state index in [1.54, 1.807) is 30.1 Å². The van der Waals surface area contributed by atoms with E-state index in [9.17, 15) is 0 Å². The minimum Gasteiger partial charge on any atom is -0.409 e. The van der Waals surface area contributed by atoms with Crippen molar-refractivity contribution in [3.05, 3.63) is 23.9 Å². The zero-order chi connectivity index (χ0) is 12.8. The van der Waals surface area contributed by atoms with Crippen LogP contribution in [-0.2, 0) is 0 Å². The average molecular weight is 254 g/mol. The third-order valence-electron chi connectivity index (χ3n) is 2.57. The van der Waals surface area contributed by atoms with Crippen LogP contribution in [0.3, 0.4) is 0 Å². The average Bonchev–Trinajstić information content (AvgIpc) is 2.37. The first-order chi connectivity index (χ1) is 8.11. The summed E-state index contributed by atoms with van der Waals surface area (Å²) >= 11 is 1.77. The molecule has 5 nitrogen and oxygen atoms in total. The lowest BCUT2D eigenvalue weighted by atomic mass is 10.2. The highest BCUT2D eigenvalue weighted by molar-refractivity contribution is 7.98. The molecule has 1 aromatic rings. The molecular formula is C11H18N4OS. The van der Waals surface area contributed by atoms with Gasteiger partial charge in [-0.1, -0.05) is 5.16 Å². The predicted octanol–water partition coefficient (Wildman–Crippen LogP) is 1.36. The molecular weight excluding hydrogens is 236 g/mol. The van der Waals surface area contributed by atoms with Crippen molar-refractivity contribution in [3.63, 3.8) is 0 Å². The molecule has 6 heteroatoms. The second kappa shape index (κ2) is 6.34. The first-order valence-electron chi connectivity index (χ1n) is 5.26. The van der Waals surface area contributed by atoms with Gasteiger partial charge in [0, 0.05) is 25.0 Å². The molecule has 0 fully saturated rings. The van der Waals surface area contributed by atoms with Gasteiger partial charge in [0.2, 0.25) is 0 Å². The monoisotopic (exact) mass is 254 g/mol. The molecule has 1 unspecified atom stereocenters. The summed E-state index contributed by atoms with van der Waals surface area (Å²) in [7, 11) is 1.96. The Morgan fingerprint density at radius 1 is 1.71 bits per heavy atom. The summed E-state index contributed by atoms with van der Waals surface area (Å²) in [6, 6.07) is 3.88. The van der Waals surface area contributed by atoms with Crippen molar-refractivity contribution < 1.29 is 5.21 Å². The fourth-order valence-corrected chi connectivity index (χ4v) is 2.20. The van der Waals surface area contributed by atoms with Gasteiger partial charge in [-0.05, 0) is 25.3 Å². The van der Waals surface area contributed by atoms with Crippen molar-refractivity contribution in [2.45, 2.75) is 13.0 Å². The molecule has 1 atom stereocenters. The van der Waals surface area contributed by atoms with Gasteiger partial charge in [0.05, 0.1) is 5.56 Å². The first kappa shape index (κ1) is 13.6. The first-order valence-corrected chi connectivity index (χ1v) is 6.65. The summed E-state index contributed by atoms with van der Waals surface area (Å²) in [5.74, 6) is 1.79. The van der Waals surface area contributed by atoms with Crippen molar-refractivity contribution in [3.8, 4) is 0 Å². The summed E-state index contributed by atoms with van der Waals surface area (Å²) in [6.07, 6.45) is 3.76. The van der Waals surface area contributed by atoms with E-state index >= 15 is 0 Å². The van der Waals surface area contributed by atoms with Gasteiger partial charge >= 0.3 is 0 Å². The zero-order valence-corrected chi connectivity index (χ0v) is 11.1. The molecule has 0 spiro atoms. The summed E-state index contributed by atoms with van der Waals surface area (Å²) in [5.41, 5.74) is 6.28. The fourth-order valence-electron chi connectivity index (χ4n) is 1.49. The van der Waals surface area contributed by atoms with E-state index in [-0.39, 0.29) is 5.84 Å². The van der Waals surface area contributed by atoms with Crippen molar-refractivity contribution >= 4 is 23.4 Å². The van der Waals surface area contributed by atoms with E-state index in [4.69, 9.17) is 10.9 Å². The minimum atomic E-state index is 0.0799. The molecule has 0 amide bonds. The fraction of sp³-hybridized carbons (Fsp3) is 0.455. The van der Waals surface area contributed by atoms with E-state index < -0.39 is 0 Å². The molecule has 0 saturated carbocycles. The van der Waals surface area contributed by atoms with Gasteiger partial charge in [-0.25, -0.2) is 4.98 Å². The number of thioether (sulfide) groups is 1. The number of pyridine rings is 1. The second-order valence-corrected chi connectivity index (χ2v) is 4.69. The Hall–Kier alpha value is -1.43. The van der Waals surface area contributed by atoms with Crippen LogP contribution in [0.25, 0.3) is 0 Å². The lowest BCUT2D eigenvalue weighted by molar-refractivity contribution is 0.318. The third kappa shape index (κ3) is 3.26. The molecule has 1 rings (SSSR count). The Balaban J connectivity index is 3.04. The lowest BCUT2D eigenvalue weighted by Crippen LogP contribution is -2.33. The lowest BCUT2D eigenvalue weighted by Gasteiger charge is -2.26. The maximum Gasteiger partial charge on any atom is 0.173 e. The number of aromatic nitrogens is 1. The van der Waals surface area contributed by atoms with Crippen LogP contribution in [-0.4, -0.2) is 41.1 Å². The molecule has 1 aromatic heterocycles. The van der Waals surface area contributed by atoms with Gasteiger partial charge in [0.15, 0.2) is 5.84 Å². The maximum atomic E-state index is 8.75. The van der Waals surface area contributed by atoms with E-state index in [1.807, 2.05) is 11.9 Å². The SMILES string of the molecule is CSCC(C)N(C)c1ncccc1/C(N)=N/O. The highest BCUT2D eigenvalue weighted by Crippen LogP contribution is 2.18. The van der Waals surface area contributed by atoms with E-state index in [1.165, 1.54) is 0 Å². The van der Waals surface area contributed by atoms with Crippen molar-refractivity contribution in [1.29, 1.82) is 0 Å². The van der Waals surface area contributed by atoms with Crippen molar-refractivity contribution in [1.82, 2.24) is 4.98 Å². The van der Waals surface area contributed by atoms with Gasteiger partial charge in [-0.15, -0.1) is 0 Å². The van der Waals surface area contributed by atoms with E-state index in [0.717, 1.165) is 11.6 Å². The number of hydrogen-bond donors (Lipinski definition) is 2. The van der Waals surface area contributed by atoms with Crippen LogP contribution in [0, 0.1) is 0 Å². The topological polar surface area (TPSA) is 74.7 Å². The Morgan fingerprint density at radius 2 is 2.41 bits per heavy atom. The van der Waals surface area contributed by atoms with Crippen molar-refractivity contribution in [2.75, 3.05) is 24.0 Å². The smallest absolute Gasteiger partial charge is 0.173 e. The summed E-state index contributed by atoms with van der Waals surface area (Å²) in [4.78, 5) is 6.33. The molecule has 94 valence electrons. The Morgan fingerprint density at radius 3 is 3.00 bits per heavy atom. The van der Waals surface area contributed by atoms with Crippen LogP contribution in [0.15, 0.2) is 23.5 Å². The number of oxime groups is 1. The van der Waals surface area contributed by atoms with Gasteiger partial charge in [-0.3, -0.25) is 0 Å². The quantitative estimate of drug-likeness (QED) is 0.359. The normalized spacial score (nSPS) is 13.5. The zero-order valence-electron chi connectivity index (χ0n) is 10.3. The van der Waals surface area contributed by atoms with Crippen LogP contribution in [0.1, 0.15) is 12.5 Å². The second-order valence-electron chi connectivity index (χ2n) is 3.78. The molecule has 0 aliphatic rings. The molecule has 0 bridgehead atoms. The summed E-state index contributed by atoms with van der Waals surface area (Å²) in [6.45, 7) is 2.11. The largest absolute Gasteiger partial charge is 0.409 e. The number of anilines is 1. The van der Waals surface area contributed by atoms with Gasteiger partial charge in [0.1, 0.15) is 5.82 Å². The van der Waals surface area contributed by atoms with E-state index in [2.05, 4.69) is 23.3 Å². The predicted molar refractivity (Wildman–Crippen MR) is 73.0 cm³/mol. The maximum absolute atomic E-state index is 8.75. The third-order valence-corrected chi connectivity index (χ3v) is 3.39. The Kier molecular flexibility index (Phi) is 5.09. The highest BCUT2D eigenvalue weighted by atomic mass is 32.2. The molecule has 0 aliphatic heterocycles. The summed E-state index contributed by atoms with van der Waals surface area (Å²) < 4.78 is 0. The Bertz CT molecular complexity index is 397. The van der Waals surface area contributed by atoms with Gasteiger partial charge < -0.3 is 15.8 Å². The van der Waals surface area contributed by atoms with Crippen LogP contribution in [0.2, 0.25) is 0 Å². The standard InChI is InChI=1S/C11H18N4OS/c1-8(7-17-3)15(2)11-9(10(12)14-16)5-4-6-13-11/h4-6,8,16H,7H2,1-3H3,(H2,12,14). The number of rotatable bonds is 5. The number of hydrogen-bond acceptors (Lipinski definition) is 5. The molecule has 3 N–H and O–H groups in total. The molecule has 0 aliphatic carbocycles. The number of amidine groups is 1. The van der Waals surface area contributed by atoms with Crippen LogP contribution in [0.4, 0.5) is 5.82 Å². The van der Waals surface area contributed by atoms with E-state index in [0.29, 0.717) is 11.6 Å². The van der Waals surface area contributed by atoms with Crippen LogP contribution >= 0.6 is 11.8 Å². The summed E-state index contributed by atoms with van der Waals surface area (Å²) in [5, 5.41) is 11.8. The van der Waals surface area contributed by atoms with Crippen LogP contribution in [0.5, 0.6) is 0 Å². The van der Waals surface area contributed by atoms with Crippen molar-refractivity contribution in [2.24, 2.45) is 10.9 Å². The molecule has 0 radical (unpaired) electrons. The molecule has 0 saturated heterocycles. The Labute approximate surface area is 106 Å². The highest BCUT2D eigenvalue weighted by Gasteiger charge is 2.16. The van der Waals surface area contributed by atoms with Gasteiger partial charge in [-0.2, -0.15) is 11.8 Å². The minimum absolute atomic E-state index is 0.0799. The number of nitrogens with zero attached hydrogens (tertiary/aromatic N) is 3. The van der Waals surface area contributed by atoms with Crippen LogP contribution < -0.4 is 10.6 Å². The van der Waals surface area contributed by atoms with Gasteiger partial charge in [0.25, 0.3) is 0 Å². The number of nitrogens with two attached hydrogens (primary N) is 1. The molecule has 0 aromatic carbocycles.